The van der Waals surface area contributed by atoms with Crippen molar-refractivity contribution in [2.45, 2.75) is 0 Å². The number of nitrogens with zero attached hydrogens (tertiary/aromatic N) is 3. The highest BCUT2D eigenvalue weighted by Gasteiger charge is 1.96. The molecule has 1 aliphatic rings. The molecule has 6 heteroatoms. The summed E-state index contributed by atoms with van der Waals surface area (Å²) in [5.41, 5.74) is 0.166. The van der Waals surface area contributed by atoms with Crippen molar-refractivity contribution in [3.8, 4) is 6.07 Å². The van der Waals surface area contributed by atoms with Gasteiger partial charge in [-0.1, -0.05) is 11.6 Å². The lowest BCUT2D eigenvalue weighted by atomic mass is 10.4. The van der Waals surface area contributed by atoms with Gasteiger partial charge >= 0.3 is 0 Å². The van der Waals surface area contributed by atoms with Gasteiger partial charge in [-0.25, -0.2) is 9.97 Å². The van der Waals surface area contributed by atoms with Crippen molar-refractivity contribution in [1.29, 1.82) is 5.26 Å². The molecule has 1 saturated heterocycles. The minimum atomic E-state index is 0.153. The monoisotopic (exact) mass is 225 g/mol. The van der Waals surface area contributed by atoms with Crippen molar-refractivity contribution in [1.82, 2.24) is 20.6 Å². The maximum atomic E-state index is 8.28. The van der Waals surface area contributed by atoms with Crippen LogP contribution < -0.4 is 10.6 Å². The van der Waals surface area contributed by atoms with Crippen LogP contribution >= 0.6 is 11.6 Å². The van der Waals surface area contributed by atoms with Gasteiger partial charge in [0.15, 0.2) is 10.8 Å². The van der Waals surface area contributed by atoms with E-state index in [1.807, 2.05) is 0 Å². The fourth-order valence-corrected chi connectivity index (χ4v) is 1.15. The standard InChI is InChI=1S/C5H2ClN3.C4H10N2/c6-5-4(3-7)8-1-2-9-5;1-2-6-4-3-5-1/h1-2H;5-6H,1-4H2. The molecule has 15 heavy (non-hydrogen) atoms. The summed E-state index contributed by atoms with van der Waals surface area (Å²) in [6, 6.07) is 1.79. The smallest absolute Gasteiger partial charge is 0.177 e. The molecule has 5 nitrogen and oxygen atoms in total. The molecule has 2 rings (SSSR count). The molecule has 0 spiro atoms. The Bertz CT molecular complexity index is 320. The van der Waals surface area contributed by atoms with Crippen LogP contribution in [0.5, 0.6) is 0 Å². The van der Waals surface area contributed by atoms with Gasteiger partial charge in [-0.05, 0) is 0 Å². The zero-order valence-electron chi connectivity index (χ0n) is 8.20. The number of piperazine rings is 1. The predicted octanol–water partition coefficient (Wildman–Crippen LogP) is 0.181. The van der Waals surface area contributed by atoms with Gasteiger partial charge in [0.05, 0.1) is 0 Å². The first-order valence-corrected chi connectivity index (χ1v) is 5.00. The van der Waals surface area contributed by atoms with Crippen LogP contribution in [0.15, 0.2) is 12.4 Å². The predicted molar refractivity (Wildman–Crippen MR) is 57.5 cm³/mol. The summed E-state index contributed by atoms with van der Waals surface area (Å²) < 4.78 is 0. The highest BCUT2D eigenvalue weighted by Crippen LogP contribution is 2.05. The lowest BCUT2D eigenvalue weighted by Gasteiger charge is -2.11. The van der Waals surface area contributed by atoms with Crippen molar-refractivity contribution in [2.24, 2.45) is 0 Å². The van der Waals surface area contributed by atoms with Crippen LogP contribution in [0.2, 0.25) is 5.15 Å². The second kappa shape index (κ2) is 7.12. The van der Waals surface area contributed by atoms with Gasteiger partial charge < -0.3 is 10.6 Å². The third-order valence-electron chi connectivity index (χ3n) is 1.72. The average molecular weight is 226 g/mol. The van der Waals surface area contributed by atoms with Gasteiger partial charge in [0.25, 0.3) is 0 Å². The topological polar surface area (TPSA) is 73.6 Å². The number of rotatable bonds is 0. The number of aromatic nitrogens is 2. The molecule has 1 fully saturated rings. The molecule has 0 saturated carbocycles. The van der Waals surface area contributed by atoms with Crippen LogP contribution in [-0.2, 0) is 0 Å². The van der Waals surface area contributed by atoms with Gasteiger partial charge in [-0.3, -0.25) is 0 Å². The van der Waals surface area contributed by atoms with Crippen LogP contribution in [0.1, 0.15) is 5.69 Å². The lowest BCUT2D eigenvalue weighted by Crippen LogP contribution is -2.39. The summed E-state index contributed by atoms with van der Waals surface area (Å²) in [7, 11) is 0. The number of halogens is 1. The van der Waals surface area contributed by atoms with Crippen LogP contribution in [0.25, 0.3) is 0 Å². The van der Waals surface area contributed by atoms with Crippen molar-refractivity contribution < 1.29 is 0 Å². The zero-order valence-corrected chi connectivity index (χ0v) is 8.96. The first-order valence-electron chi connectivity index (χ1n) is 4.62. The van der Waals surface area contributed by atoms with Gasteiger partial charge in [-0.15, -0.1) is 0 Å². The molecular formula is C9H12ClN5. The minimum Gasteiger partial charge on any atom is -0.314 e. The van der Waals surface area contributed by atoms with Crippen molar-refractivity contribution in [3.05, 3.63) is 23.2 Å². The second-order valence-electron chi connectivity index (χ2n) is 2.81. The molecule has 0 atom stereocenters. The highest BCUT2D eigenvalue weighted by atomic mass is 35.5. The Morgan fingerprint density at radius 2 is 1.67 bits per heavy atom. The Kier molecular flexibility index (Phi) is 5.63. The van der Waals surface area contributed by atoms with E-state index in [2.05, 4.69) is 20.6 Å². The lowest BCUT2D eigenvalue weighted by molar-refractivity contribution is 0.534. The van der Waals surface area contributed by atoms with Gasteiger partial charge in [0.2, 0.25) is 0 Å². The Hall–Kier alpha value is -1.22. The molecule has 0 aromatic carbocycles. The Morgan fingerprint density at radius 3 is 2.00 bits per heavy atom. The quantitative estimate of drug-likeness (QED) is 0.659. The average Bonchev–Trinajstić information content (AvgIpc) is 2.33. The number of hydrogen-bond acceptors (Lipinski definition) is 5. The summed E-state index contributed by atoms with van der Waals surface area (Å²) in [5.74, 6) is 0. The van der Waals surface area contributed by atoms with E-state index >= 15 is 0 Å². The van der Waals surface area contributed by atoms with Crippen LogP contribution in [0.3, 0.4) is 0 Å². The minimum absolute atomic E-state index is 0.153. The van der Waals surface area contributed by atoms with Crippen LogP contribution in [0.4, 0.5) is 0 Å². The van der Waals surface area contributed by atoms with E-state index < -0.39 is 0 Å². The normalized spacial score (nSPS) is 14.7. The largest absolute Gasteiger partial charge is 0.314 e. The summed E-state index contributed by atoms with van der Waals surface area (Å²) in [5, 5.41) is 14.9. The maximum Gasteiger partial charge on any atom is 0.177 e. The summed E-state index contributed by atoms with van der Waals surface area (Å²) >= 11 is 5.43. The van der Waals surface area contributed by atoms with Crippen LogP contribution in [0, 0.1) is 11.3 Å². The summed E-state index contributed by atoms with van der Waals surface area (Å²) in [6.07, 6.45) is 2.85. The molecule has 0 bridgehead atoms. The molecule has 0 radical (unpaired) electrons. The third-order valence-corrected chi connectivity index (χ3v) is 1.99. The number of nitrogens with one attached hydrogen (secondary N) is 2. The third kappa shape index (κ3) is 4.70. The van der Waals surface area contributed by atoms with Crippen molar-refractivity contribution in [3.63, 3.8) is 0 Å². The maximum absolute atomic E-state index is 8.28. The molecule has 80 valence electrons. The number of nitriles is 1. The highest BCUT2D eigenvalue weighted by molar-refractivity contribution is 6.30. The SMILES string of the molecule is C1CNCCN1.N#Cc1nccnc1Cl. The van der Waals surface area contributed by atoms with Crippen LogP contribution in [-0.4, -0.2) is 36.1 Å². The Labute approximate surface area is 93.5 Å². The summed E-state index contributed by atoms with van der Waals surface area (Å²) in [4.78, 5) is 7.27. The molecule has 0 amide bonds. The molecule has 0 unspecified atom stereocenters. The van der Waals surface area contributed by atoms with E-state index in [4.69, 9.17) is 16.9 Å². The van der Waals surface area contributed by atoms with E-state index in [1.165, 1.54) is 12.4 Å². The fraction of sp³-hybridized carbons (Fsp3) is 0.444. The molecule has 2 N–H and O–H groups in total. The molecular weight excluding hydrogens is 214 g/mol. The molecule has 2 heterocycles. The first-order chi connectivity index (χ1) is 7.34. The van der Waals surface area contributed by atoms with Crippen molar-refractivity contribution in [2.75, 3.05) is 26.2 Å². The van der Waals surface area contributed by atoms with E-state index in [1.54, 1.807) is 6.07 Å². The fourth-order valence-electron chi connectivity index (χ4n) is 1.000. The summed E-state index contributed by atoms with van der Waals surface area (Å²) in [6.45, 7) is 4.56. The molecule has 1 aromatic rings. The zero-order chi connectivity index (χ0) is 10.9. The van der Waals surface area contributed by atoms with Crippen molar-refractivity contribution >= 4 is 11.6 Å². The van der Waals surface area contributed by atoms with E-state index in [0.29, 0.717) is 0 Å². The Balaban J connectivity index is 0.000000162. The molecule has 1 aliphatic heterocycles. The first kappa shape index (κ1) is 11.9. The molecule has 0 aliphatic carbocycles. The van der Waals surface area contributed by atoms with E-state index in [9.17, 15) is 0 Å². The molecule has 1 aromatic heterocycles. The Morgan fingerprint density at radius 1 is 1.13 bits per heavy atom. The van der Waals surface area contributed by atoms with Gasteiger partial charge in [0, 0.05) is 38.6 Å². The van der Waals surface area contributed by atoms with E-state index in [0.717, 1.165) is 26.2 Å². The second-order valence-corrected chi connectivity index (χ2v) is 3.17. The van der Waals surface area contributed by atoms with Gasteiger partial charge in [-0.2, -0.15) is 5.26 Å². The number of hydrogen-bond donors (Lipinski definition) is 2. The van der Waals surface area contributed by atoms with E-state index in [-0.39, 0.29) is 10.8 Å². The van der Waals surface area contributed by atoms with Gasteiger partial charge in [0.1, 0.15) is 6.07 Å².